The lowest BCUT2D eigenvalue weighted by Crippen LogP contribution is -2.00. The number of carbonyl (C=O) groups is 1. The number of benzene rings is 3. The summed E-state index contributed by atoms with van der Waals surface area (Å²) in [6, 6.07) is 21.8. The van der Waals surface area contributed by atoms with E-state index in [2.05, 4.69) is 47.5 Å². The van der Waals surface area contributed by atoms with Crippen LogP contribution in [-0.4, -0.2) is 18.1 Å². The molecule has 1 aromatic heterocycles. The van der Waals surface area contributed by atoms with E-state index in [4.69, 9.17) is 9.47 Å². The van der Waals surface area contributed by atoms with Crippen molar-refractivity contribution in [1.82, 2.24) is 4.98 Å². The number of aromatic nitrogens is 1. The predicted octanol–water partition coefficient (Wildman–Crippen LogP) is 6.51. The summed E-state index contributed by atoms with van der Waals surface area (Å²) in [5, 5.41) is 2.24. The molecule has 3 aromatic carbocycles. The summed E-state index contributed by atoms with van der Waals surface area (Å²) in [6.07, 6.45) is 11.8. The topological polar surface area (TPSA) is 48.4 Å². The monoisotopic (exact) mass is 421 g/mol. The van der Waals surface area contributed by atoms with Crippen LogP contribution in [0.3, 0.4) is 0 Å². The molecule has 4 nitrogen and oxygen atoms in total. The Bertz CT molecular complexity index is 1290. The van der Waals surface area contributed by atoms with Crippen molar-refractivity contribution in [3.8, 4) is 11.5 Å². The number of hydrogen-bond acceptors (Lipinski definition) is 4. The molecule has 0 aliphatic rings. The van der Waals surface area contributed by atoms with Crippen LogP contribution in [0.2, 0.25) is 0 Å². The minimum Gasteiger partial charge on any atom is -0.496 e. The largest absolute Gasteiger partial charge is 0.496 e. The molecule has 0 aliphatic heterocycles. The second kappa shape index (κ2) is 9.75. The van der Waals surface area contributed by atoms with E-state index in [0.717, 1.165) is 38.8 Å². The number of rotatable bonds is 6. The van der Waals surface area contributed by atoms with Crippen molar-refractivity contribution in [2.24, 2.45) is 0 Å². The summed E-state index contributed by atoms with van der Waals surface area (Å²) >= 11 is 0. The van der Waals surface area contributed by atoms with Gasteiger partial charge in [0.1, 0.15) is 11.5 Å². The highest BCUT2D eigenvalue weighted by Gasteiger charge is 2.06. The Morgan fingerprint density at radius 2 is 1.44 bits per heavy atom. The fourth-order valence-corrected chi connectivity index (χ4v) is 3.47. The highest BCUT2D eigenvalue weighted by atomic mass is 16.5. The number of hydrogen-bond donors (Lipinski definition) is 0. The zero-order valence-electron chi connectivity index (χ0n) is 18.0. The first-order valence-corrected chi connectivity index (χ1v) is 10.3. The average molecular weight is 421 g/mol. The van der Waals surface area contributed by atoms with Crippen LogP contribution in [0.15, 0.2) is 79.1 Å². The minimum absolute atomic E-state index is 0.330. The molecule has 0 saturated heterocycles. The molecule has 32 heavy (non-hydrogen) atoms. The van der Waals surface area contributed by atoms with Crippen molar-refractivity contribution < 1.29 is 14.3 Å². The van der Waals surface area contributed by atoms with Gasteiger partial charge in [0, 0.05) is 24.9 Å². The van der Waals surface area contributed by atoms with Gasteiger partial charge in [-0.05, 0) is 63.9 Å². The minimum atomic E-state index is -0.330. The van der Waals surface area contributed by atoms with Gasteiger partial charge in [-0.1, -0.05) is 54.6 Å². The van der Waals surface area contributed by atoms with E-state index in [0.29, 0.717) is 5.75 Å². The maximum atomic E-state index is 11.1. The van der Waals surface area contributed by atoms with Gasteiger partial charge in [-0.2, -0.15) is 0 Å². The molecule has 0 saturated carbocycles. The van der Waals surface area contributed by atoms with E-state index in [1.807, 2.05) is 36.4 Å². The van der Waals surface area contributed by atoms with E-state index in [1.165, 1.54) is 6.92 Å². The summed E-state index contributed by atoms with van der Waals surface area (Å²) < 4.78 is 10.7. The highest BCUT2D eigenvalue weighted by Crippen LogP contribution is 2.31. The third-order valence-electron chi connectivity index (χ3n) is 5.02. The molecule has 4 heteroatoms. The first-order valence-electron chi connectivity index (χ1n) is 10.3. The highest BCUT2D eigenvalue weighted by molar-refractivity contribution is 5.96. The number of fused-ring (bicyclic) bond motifs is 1. The third-order valence-corrected chi connectivity index (χ3v) is 5.02. The van der Waals surface area contributed by atoms with Gasteiger partial charge in [0.15, 0.2) is 0 Å². The molecule has 158 valence electrons. The van der Waals surface area contributed by atoms with Crippen LogP contribution in [0.25, 0.3) is 35.1 Å². The maximum absolute atomic E-state index is 11.1. The second-order valence-corrected chi connectivity index (χ2v) is 7.27. The SMILES string of the molecule is COc1ccc2cc(/C=C/c3ccncc3)ccc2c1/C=C/c1ccc(OC(C)=O)cc1. The molecule has 4 aromatic rings. The van der Waals surface area contributed by atoms with Crippen LogP contribution in [0.5, 0.6) is 11.5 Å². The molecule has 0 aliphatic carbocycles. The van der Waals surface area contributed by atoms with Gasteiger partial charge < -0.3 is 9.47 Å². The number of esters is 1. The van der Waals surface area contributed by atoms with Crippen LogP contribution >= 0.6 is 0 Å². The van der Waals surface area contributed by atoms with Crippen LogP contribution in [0.4, 0.5) is 0 Å². The Balaban J connectivity index is 1.63. The number of ether oxygens (including phenoxy) is 2. The van der Waals surface area contributed by atoms with Crippen molar-refractivity contribution >= 4 is 41.0 Å². The number of pyridine rings is 1. The number of carbonyl (C=O) groups excluding carboxylic acids is 1. The summed E-state index contributed by atoms with van der Waals surface area (Å²) in [5.74, 6) is 1.01. The lowest BCUT2D eigenvalue weighted by Gasteiger charge is -2.10. The molecule has 0 N–H and O–H groups in total. The summed E-state index contributed by atoms with van der Waals surface area (Å²) in [6.45, 7) is 1.39. The Hall–Kier alpha value is -4.18. The van der Waals surface area contributed by atoms with E-state index < -0.39 is 0 Å². The van der Waals surface area contributed by atoms with Crippen molar-refractivity contribution in [2.45, 2.75) is 6.92 Å². The Kier molecular flexibility index (Phi) is 6.42. The molecular formula is C28H23NO3. The van der Waals surface area contributed by atoms with Crippen LogP contribution in [0.1, 0.15) is 29.2 Å². The first-order chi connectivity index (χ1) is 15.6. The number of methoxy groups -OCH3 is 1. The first kappa shape index (κ1) is 21.1. The van der Waals surface area contributed by atoms with Gasteiger partial charge in [-0.25, -0.2) is 0 Å². The normalized spacial score (nSPS) is 11.3. The molecule has 0 spiro atoms. The average Bonchev–Trinajstić information content (AvgIpc) is 2.82. The van der Waals surface area contributed by atoms with Gasteiger partial charge in [-0.15, -0.1) is 0 Å². The van der Waals surface area contributed by atoms with Crippen molar-refractivity contribution in [3.63, 3.8) is 0 Å². The Morgan fingerprint density at radius 3 is 2.16 bits per heavy atom. The fraction of sp³-hybridized carbons (Fsp3) is 0.0714. The molecule has 0 radical (unpaired) electrons. The summed E-state index contributed by atoms with van der Waals surface area (Å²) in [5.41, 5.74) is 4.24. The van der Waals surface area contributed by atoms with Crippen LogP contribution in [-0.2, 0) is 4.79 Å². The lowest BCUT2D eigenvalue weighted by atomic mass is 9.99. The van der Waals surface area contributed by atoms with Gasteiger partial charge in [0.2, 0.25) is 0 Å². The Morgan fingerprint density at radius 1 is 0.781 bits per heavy atom. The fourth-order valence-electron chi connectivity index (χ4n) is 3.47. The molecule has 0 amide bonds. The molecule has 0 atom stereocenters. The second-order valence-electron chi connectivity index (χ2n) is 7.27. The van der Waals surface area contributed by atoms with Crippen LogP contribution < -0.4 is 9.47 Å². The molecular weight excluding hydrogens is 398 g/mol. The smallest absolute Gasteiger partial charge is 0.308 e. The van der Waals surface area contributed by atoms with Gasteiger partial charge in [0.25, 0.3) is 0 Å². The van der Waals surface area contributed by atoms with E-state index in [9.17, 15) is 4.79 Å². The van der Waals surface area contributed by atoms with E-state index >= 15 is 0 Å². The van der Waals surface area contributed by atoms with E-state index in [-0.39, 0.29) is 5.97 Å². The predicted molar refractivity (Wildman–Crippen MR) is 130 cm³/mol. The van der Waals surface area contributed by atoms with Crippen LogP contribution in [0, 0.1) is 0 Å². The van der Waals surface area contributed by atoms with Crippen molar-refractivity contribution in [2.75, 3.05) is 7.11 Å². The van der Waals surface area contributed by atoms with E-state index in [1.54, 1.807) is 31.6 Å². The van der Waals surface area contributed by atoms with Gasteiger partial charge >= 0.3 is 5.97 Å². The van der Waals surface area contributed by atoms with Gasteiger partial charge in [0.05, 0.1) is 7.11 Å². The zero-order valence-corrected chi connectivity index (χ0v) is 18.0. The summed E-state index contributed by atoms with van der Waals surface area (Å²) in [4.78, 5) is 15.1. The van der Waals surface area contributed by atoms with Crippen molar-refractivity contribution in [1.29, 1.82) is 0 Å². The van der Waals surface area contributed by atoms with Gasteiger partial charge in [-0.3, -0.25) is 9.78 Å². The molecule has 0 bridgehead atoms. The molecule has 0 unspecified atom stereocenters. The van der Waals surface area contributed by atoms with Crippen molar-refractivity contribution in [3.05, 3.63) is 101 Å². The summed E-state index contributed by atoms with van der Waals surface area (Å²) in [7, 11) is 1.68. The third kappa shape index (κ3) is 5.10. The molecule has 0 fully saturated rings. The molecule has 4 rings (SSSR count). The lowest BCUT2D eigenvalue weighted by molar-refractivity contribution is -0.131. The molecule has 1 heterocycles. The number of nitrogens with zero attached hydrogens (tertiary/aromatic N) is 1. The Labute approximate surface area is 187 Å². The maximum Gasteiger partial charge on any atom is 0.308 e. The standard InChI is InChI=1S/C28H23NO3/c1-20(30)32-25-10-5-21(6-11-25)7-13-27-26-12-8-23(4-3-22-15-17-29-18-16-22)19-24(26)9-14-28(27)31-2/h3-19H,1-2H3/b4-3+,13-7+. The quantitative estimate of drug-likeness (QED) is 0.202. The zero-order chi connectivity index (χ0) is 22.3.